The quantitative estimate of drug-likeness (QED) is 0.838. The Labute approximate surface area is 75.4 Å². The third-order valence-electron chi connectivity index (χ3n) is 1.27. The molecule has 0 saturated heterocycles. The Kier molecular flexibility index (Phi) is 2.74. The number of carbonyl (C=O) groups is 1. The molecule has 0 amide bonds. The molecular weight excluding hydrogens is 275 g/mol. The van der Waals surface area contributed by atoms with Crippen molar-refractivity contribution in [1.82, 2.24) is 0 Å². The average Bonchev–Trinajstić information content (AvgIpc) is 2.04. The summed E-state index contributed by atoms with van der Waals surface area (Å²) >= 11 is -3.43. The van der Waals surface area contributed by atoms with E-state index in [1.165, 1.54) is 24.3 Å². The van der Waals surface area contributed by atoms with Crippen molar-refractivity contribution in [2.24, 2.45) is 0 Å². The van der Waals surface area contributed by atoms with Crippen LogP contribution in [0.15, 0.2) is 24.3 Å². The second-order valence-corrected chi connectivity index (χ2v) is 4.52. The van der Waals surface area contributed by atoms with Crippen molar-refractivity contribution in [3.05, 3.63) is 33.4 Å². The lowest BCUT2D eigenvalue weighted by Crippen LogP contribution is -1.94. The first-order valence-electron chi connectivity index (χ1n) is 3.00. The molecule has 1 aromatic rings. The molecule has 0 aliphatic heterocycles. The number of carboxylic acids is 1. The minimum atomic E-state index is -3.43. The molecule has 0 aliphatic carbocycles. The number of rotatable bonds is 2. The Morgan fingerprint density at radius 2 is 1.67 bits per heavy atom. The van der Waals surface area contributed by atoms with Crippen LogP contribution >= 0.6 is 19.8 Å². The fourth-order valence-electron chi connectivity index (χ4n) is 0.695. The highest BCUT2D eigenvalue weighted by atomic mass is 127. The van der Waals surface area contributed by atoms with Crippen LogP contribution in [0.4, 0.5) is 0 Å². The van der Waals surface area contributed by atoms with E-state index in [1.807, 2.05) is 0 Å². The van der Waals surface area contributed by atoms with Crippen LogP contribution in [0.25, 0.3) is 0 Å². The molecule has 0 unspecified atom stereocenters. The molecule has 0 bridgehead atoms. The number of carboxylic acid groups (broad SMARTS) is 1. The second kappa shape index (κ2) is 3.61. The van der Waals surface area contributed by atoms with Crippen molar-refractivity contribution in [3.63, 3.8) is 0 Å². The minimum Gasteiger partial charge on any atom is -0.478 e. The van der Waals surface area contributed by atoms with Gasteiger partial charge in [0.1, 0.15) is 0 Å². The second-order valence-electron chi connectivity index (χ2n) is 2.03. The van der Waals surface area contributed by atoms with Crippen LogP contribution in [0.5, 0.6) is 0 Å². The molecule has 0 heterocycles. The van der Waals surface area contributed by atoms with Crippen LogP contribution in [0.1, 0.15) is 10.4 Å². The van der Waals surface area contributed by atoms with Gasteiger partial charge in [0.2, 0.25) is 0 Å². The smallest absolute Gasteiger partial charge is 0.340 e. The van der Waals surface area contributed by atoms with Crippen LogP contribution in [0.2, 0.25) is 0 Å². The van der Waals surface area contributed by atoms with E-state index in [0.29, 0.717) is 0 Å². The van der Waals surface area contributed by atoms with Gasteiger partial charge in [0.15, 0.2) is 0 Å². The van der Waals surface area contributed by atoms with E-state index in [4.69, 9.17) is 5.11 Å². The molecule has 4 nitrogen and oxygen atoms in total. The van der Waals surface area contributed by atoms with Crippen LogP contribution in [-0.4, -0.2) is 11.1 Å². The Morgan fingerprint density at radius 1 is 1.17 bits per heavy atom. The van der Waals surface area contributed by atoms with E-state index in [-0.39, 0.29) is 9.13 Å². The summed E-state index contributed by atoms with van der Waals surface area (Å²) in [5.41, 5.74) is 0.0940. The zero-order valence-corrected chi connectivity index (χ0v) is 8.02. The molecule has 12 heavy (non-hydrogen) atoms. The molecule has 0 atom stereocenters. The summed E-state index contributed by atoms with van der Waals surface area (Å²) in [5, 5.41) is 8.47. The molecule has 1 rings (SSSR count). The van der Waals surface area contributed by atoms with Gasteiger partial charge in [-0.15, -0.1) is 0 Å². The number of hydrogen-bond donors (Lipinski definition) is 1. The third-order valence-corrected chi connectivity index (χ3v) is 3.01. The Bertz CT molecular complexity index is 355. The number of hydrogen-bond acceptors (Lipinski definition) is 3. The van der Waals surface area contributed by atoms with Gasteiger partial charge >= 0.3 is 25.8 Å². The fourth-order valence-corrected chi connectivity index (χ4v) is 1.64. The molecule has 0 spiro atoms. The van der Waals surface area contributed by atoms with E-state index in [9.17, 15) is 10.9 Å². The molecule has 1 aromatic carbocycles. The summed E-state index contributed by atoms with van der Waals surface area (Å²) in [7, 11) is 0. The molecule has 0 radical (unpaired) electrons. The zero-order valence-electron chi connectivity index (χ0n) is 5.86. The molecular formula is C7H5IO4. The van der Waals surface area contributed by atoms with Crippen molar-refractivity contribution in [1.29, 1.82) is 0 Å². The summed E-state index contributed by atoms with van der Waals surface area (Å²) in [6.07, 6.45) is 0. The maximum absolute atomic E-state index is 10.5. The first-order chi connectivity index (χ1) is 5.61. The van der Waals surface area contributed by atoms with Crippen molar-refractivity contribution >= 4 is 25.8 Å². The maximum atomic E-state index is 10.5. The Hall–Kier alpha value is -0.980. The third kappa shape index (κ3) is 2.00. The summed E-state index contributed by atoms with van der Waals surface area (Å²) in [6.45, 7) is 0. The summed E-state index contributed by atoms with van der Waals surface area (Å²) in [5.74, 6) is -1.06. The van der Waals surface area contributed by atoms with Crippen LogP contribution < -0.4 is 0 Å². The topological polar surface area (TPSA) is 71.4 Å². The van der Waals surface area contributed by atoms with Crippen molar-refractivity contribution in [3.8, 4) is 0 Å². The highest BCUT2D eigenvalue weighted by Gasteiger charge is 2.03. The minimum absolute atomic E-state index is 0.0940. The standard InChI is InChI=1S/C7H5IO4/c9-7(10)5-1-3-6(4-2-5)8(11)12/h1-4H,(H,9,10). The van der Waals surface area contributed by atoms with Gasteiger partial charge in [0.05, 0.1) is 9.13 Å². The monoisotopic (exact) mass is 280 g/mol. The highest BCUT2D eigenvalue weighted by Crippen LogP contribution is 2.16. The van der Waals surface area contributed by atoms with Gasteiger partial charge in [0, 0.05) is 0 Å². The lowest BCUT2D eigenvalue weighted by molar-refractivity contribution is 0.0697. The largest absolute Gasteiger partial charge is 0.478 e. The SMILES string of the molecule is O=C(O)c1ccc(I(=O)=O)cc1. The lowest BCUT2D eigenvalue weighted by Gasteiger charge is -1.91. The van der Waals surface area contributed by atoms with E-state index >= 15 is 0 Å². The lowest BCUT2D eigenvalue weighted by atomic mass is 10.2. The molecule has 64 valence electrons. The van der Waals surface area contributed by atoms with Gasteiger partial charge in [-0.3, -0.25) is 0 Å². The normalized spacial score (nSPS) is 10.1. The molecule has 0 fully saturated rings. The van der Waals surface area contributed by atoms with Gasteiger partial charge in [-0.2, -0.15) is 0 Å². The van der Waals surface area contributed by atoms with E-state index in [0.717, 1.165) is 0 Å². The molecule has 0 saturated carbocycles. The molecule has 0 aliphatic rings. The van der Waals surface area contributed by atoms with Gasteiger partial charge in [-0.1, -0.05) is 0 Å². The zero-order chi connectivity index (χ0) is 9.14. The summed E-state index contributed by atoms with van der Waals surface area (Å²) < 4.78 is 21.1. The van der Waals surface area contributed by atoms with Gasteiger partial charge in [-0.25, -0.2) is 10.9 Å². The van der Waals surface area contributed by atoms with Crippen LogP contribution in [-0.2, 0) is 6.14 Å². The Morgan fingerprint density at radius 3 is 2.00 bits per heavy atom. The van der Waals surface area contributed by atoms with Crippen molar-refractivity contribution in [2.75, 3.05) is 0 Å². The number of benzene rings is 1. The molecule has 1 N–H and O–H groups in total. The summed E-state index contributed by atoms with van der Waals surface area (Å²) in [6, 6.07) is 5.15. The number of halogens is 1. The molecule has 0 aromatic heterocycles. The predicted molar refractivity (Wildman–Crippen MR) is 47.5 cm³/mol. The molecule has 5 heteroatoms. The first-order valence-corrected chi connectivity index (χ1v) is 5.84. The van der Waals surface area contributed by atoms with Crippen LogP contribution in [0.3, 0.4) is 0 Å². The van der Waals surface area contributed by atoms with Crippen molar-refractivity contribution < 1.29 is 16.0 Å². The predicted octanol–water partition coefficient (Wildman–Crippen LogP) is 1.75. The maximum Gasteiger partial charge on any atom is 0.340 e. The van der Waals surface area contributed by atoms with E-state index in [2.05, 4.69) is 0 Å². The average molecular weight is 280 g/mol. The summed E-state index contributed by atoms with van der Waals surface area (Å²) in [4.78, 5) is 10.3. The fraction of sp³-hybridized carbons (Fsp3) is 0. The van der Waals surface area contributed by atoms with Crippen LogP contribution in [0, 0.1) is 3.57 Å². The number of aromatic carboxylic acids is 1. The van der Waals surface area contributed by atoms with E-state index in [1.54, 1.807) is 0 Å². The Balaban J connectivity index is 3.09. The first kappa shape index (κ1) is 9.11. The van der Waals surface area contributed by atoms with Crippen molar-refractivity contribution in [2.45, 2.75) is 0 Å². The highest BCUT2D eigenvalue weighted by molar-refractivity contribution is 14.2. The van der Waals surface area contributed by atoms with Gasteiger partial charge in [-0.05, 0) is 24.3 Å². The van der Waals surface area contributed by atoms with E-state index < -0.39 is 25.8 Å². The van der Waals surface area contributed by atoms with Gasteiger partial charge < -0.3 is 5.11 Å². The van der Waals surface area contributed by atoms with Gasteiger partial charge in [0.25, 0.3) is 0 Å².